The Balaban J connectivity index is 1.72. The summed E-state index contributed by atoms with van der Waals surface area (Å²) in [7, 11) is 0. The molecule has 0 radical (unpaired) electrons. The standard InChI is InChI=1S/C21H16F3NO4/c1-13-10-20(26)25(15-3-5-16(6-4-15)29-21(22,23)24)12-17(13)14-2-7-18-19(11-14)28-9-8-27-18/h2-7,10-12H,8-9H2,1H3. The van der Waals surface area contributed by atoms with Crippen LogP contribution in [0.2, 0.25) is 0 Å². The highest BCUT2D eigenvalue weighted by Gasteiger charge is 2.31. The Morgan fingerprint density at radius 1 is 0.966 bits per heavy atom. The summed E-state index contributed by atoms with van der Waals surface area (Å²) >= 11 is 0. The van der Waals surface area contributed by atoms with Crippen molar-refractivity contribution in [3.63, 3.8) is 0 Å². The molecule has 5 nitrogen and oxygen atoms in total. The van der Waals surface area contributed by atoms with Crippen LogP contribution in [-0.2, 0) is 0 Å². The van der Waals surface area contributed by atoms with Crippen LogP contribution in [0.3, 0.4) is 0 Å². The van der Waals surface area contributed by atoms with Gasteiger partial charge in [-0.1, -0.05) is 6.07 Å². The number of halogens is 3. The van der Waals surface area contributed by atoms with Gasteiger partial charge in [0, 0.05) is 23.5 Å². The molecular weight excluding hydrogens is 387 g/mol. The second-order valence-corrected chi connectivity index (χ2v) is 6.48. The molecule has 0 N–H and O–H groups in total. The molecule has 1 aliphatic heterocycles. The van der Waals surface area contributed by atoms with E-state index < -0.39 is 6.36 Å². The lowest BCUT2D eigenvalue weighted by atomic mass is 10.0. The van der Waals surface area contributed by atoms with Gasteiger partial charge in [0.25, 0.3) is 5.56 Å². The molecule has 0 fully saturated rings. The summed E-state index contributed by atoms with van der Waals surface area (Å²) in [4.78, 5) is 12.5. The Bertz CT molecular complexity index is 1100. The van der Waals surface area contributed by atoms with Crippen molar-refractivity contribution in [2.24, 2.45) is 0 Å². The van der Waals surface area contributed by atoms with Crippen molar-refractivity contribution in [1.82, 2.24) is 4.57 Å². The molecule has 2 heterocycles. The topological polar surface area (TPSA) is 49.7 Å². The quantitative estimate of drug-likeness (QED) is 0.647. The molecule has 1 aromatic heterocycles. The molecule has 4 rings (SSSR count). The van der Waals surface area contributed by atoms with Gasteiger partial charge in [-0.25, -0.2) is 0 Å². The highest BCUT2D eigenvalue weighted by Crippen LogP contribution is 2.35. The maximum atomic E-state index is 12.5. The monoisotopic (exact) mass is 403 g/mol. The fraction of sp³-hybridized carbons (Fsp3) is 0.190. The minimum absolute atomic E-state index is 0.298. The van der Waals surface area contributed by atoms with Gasteiger partial charge < -0.3 is 14.2 Å². The average molecular weight is 403 g/mol. The van der Waals surface area contributed by atoms with Crippen LogP contribution in [0.5, 0.6) is 17.2 Å². The van der Waals surface area contributed by atoms with Crippen LogP contribution in [-0.4, -0.2) is 24.1 Å². The lowest BCUT2D eigenvalue weighted by Crippen LogP contribution is -2.19. The van der Waals surface area contributed by atoms with E-state index in [2.05, 4.69) is 4.74 Å². The van der Waals surface area contributed by atoms with E-state index in [4.69, 9.17) is 9.47 Å². The largest absolute Gasteiger partial charge is 0.573 e. The first-order chi connectivity index (χ1) is 13.8. The van der Waals surface area contributed by atoms with Crippen molar-refractivity contribution >= 4 is 0 Å². The van der Waals surface area contributed by atoms with Crippen LogP contribution < -0.4 is 19.8 Å². The Hall–Kier alpha value is -3.42. The third kappa shape index (κ3) is 4.06. The van der Waals surface area contributed by atoms with Gasteiger partial charge >= 0.3 is 6.36 Å². The number of nitrogens with zero attached hydrogens (tertiary/aromatic N) is 1. The SMILES string of the molecule is Cc1cc(=O)n(-c2ccc(OC(F)(F)F)cc2)cc1-c1ccc2c(c1)OCCO2. The second kappa shape index (κ2) is 7.20. The van der Waals surface area contributed by atoms with Gasteiger partial charge in [0.15, 0.2) is 11.5 Å². The van der Waals surface area contributed by atoms with E-state index in [1.165, 1.54) is 34.9 Å². The van der Waals surface area contributed by atoms with Crippen LogP contribution >= 0.6 is 0 Å². The molecule has 2 aromatic carbocycles. The minimum Gasteiger partial charge on any atom is -0.486 e. The summed E-state index contributed by atoms with van der Waals surface area (Å²) in [6.45, 7) is 2.77. The van der Waals surface area contributed by atoms with Crippen LogP contribution in [0.15, 0.2) is 59.5 Å². The number of hydrogen-bond donors (Lipinski definition) is 0. The molecule has 1 aliphatic rings. The molecule has 0 saturated carbocycles. The molecule has 150 valence electrons. The van der Waals surface area contributed by atoms with Crippen molar-refractivity contribution < 1.29 is 27.4 Å². The predicted molar refractivity (Wildman–Crippen MR) is 99.9 cm³/mol. The van der Waals surface area contributed by atoms with Crippen molar-refractivity contribution in [3.05, 3.63) is 70.6 Å². The van der Waals surface area contributed by atoms with Gasteiger partial charge in [-0.3, -0.25) is 9.36 Å². The van der Waals surface area contributed by atoms with Gasteiger partial charge in [0.05, 0.1) is 0 Å². The number of fused-ring (bicyclic) bond motifs is 1. The summed E-state index contributed by atoms with van der Waals surface area (Å²) < 4.78 is 53.4. The summed E-state index contributed by atoms with van der Waals surface area (Å²) in [5.74, 6) is 0.930. The lowest BCUT2D eigenvalue weighted by Gasteiger charge is -2.19. The van der Waals surface area contributed by atoms with Crippen molar-refractivity contribution in [2.75, 3.05) is 13.2 Å². The third-order valence-corrected chi connectivity index (χ3v) is 4.46. The van der Waals surface area contributed by atoms with E-state index in [1.807, 2.05) is 25.1 Å². The fourth-order valence-electron chi connectivity index (χ4n) is 3.15. The summed E-state index contributed by atoms with van der Waals surface area (Å²) in [5.41, 5.74) is 2.51. The normalized spacial score (nSPS) is 13.2. The van der Waals surface area contributed by atoms with E-state index in [0.717, 1.165) is 16.7 Å². The molecule has 0 atom stereocenters. The lowest BCUT2D eigenvalue weighted by molar-refractivity contribution is -0.274. The van der Waals surface area contributed by atoms with E-state index in [-0.39, 0.29) is 11.3 Å². The first-order valence-electron chi connectivity index (χ1n) is 8.80. The van der Waals surface area contributed by atoms with E-state index in [0.29, 0.717) is 30.4 Å². The summed E-state index contributed by atoms with van der Waals surface area (Å²) in [6, 6.07) is 12.1. The number of benzene rings is 2. The minimum atomic E-state index is -4.77. The summed E-state index contributed by atoms with van der Waals surface area (Å²) in [6.07, 6.45) is -3.11. The van der Waals surface area contributed by atoms with E-state index in [9.17, 15) is 18.0 Å². The molecule has 0 spiro atoms. The van der Waals surface area contributed by atoms with Crippen molar-refractivity contribution in [2.45, 2.75) is 13.3 Å². The number of aromatic nitrogens is 1. The number of pyridine rings is 1. The fourth-order valence-corrected chi connectivity index (χ4v) is 3.15. The Morgan fingerprint density at radius 2 is 1.66 bits per heavy atom. The molecule has 0 amide bonds. The number of aryl methyl sites for hydroxylation is 1. The highest BCUT2D eigenvalue weighted by molar-refractivity contribution is 5.70. The average Bonchev–Trinajstić information content (AvgIpc) is 2.67. The maximum Gasteiger partial charge on any atom is 0.573 e. The zero-order chi connectivity index (χ0) is 20.6. The smallest absolute Gasteiger partial charge is 0.486 e. The van der Waals surface area contributed by atoms with E-state index in [1.54, 1.807) is 6.20 Å². The van der Waals surface area contributed by atoms with Crippen molar-refractivity contribution in [1.29, 1.82) is 0 Å². The third-order valence-electron chi connectivity index (χ3n) is 4.46. The van der Waals surface area contributed by atoms with Crippen molar-refractivity contribution in [3.8, 4) is 34.1 Å². The van der Waals surface area contributed by atoms with Gasteiger partial charge in [0.2, 0.25) is 0 Å². The predicted octanol–water partition coefficient (Wildman–Crippen LogP) is 4.48. The number of ether oxygens (including phenoxy) is 3. The van der Waals surface area contributed by atoms with Gasteiger partial charge in [-0.2, -0.15) is 0 Å². The number of alkyl halides is 3. The molecule has 0 unspecified atom stereocenters. The second-order valence-electron chi connectivity index (χ2n) is 6.48. The Kier molecular flexibility index (Phi) is 4.70. The first-order valence-corrected chi connectivity index (χ1v) is 8.80. The molecule has 8 heteroatoms. The van der Waals surface area contributed by atoms with Crippen LogP contribution in [0.4, 0.5) is 13.2 Å². The van der Waals surface area contributed by atoms with Gasteiger partial charge in [-0.05, 0) is 54.4 Å². The summed E-state index contributed by atoms with van der Waals surface area (Å²) in [5, 5.41) is 0. The molecular formula is C21H16F3NO4. The van der Waals surface area contributed by atoms with Gasteiger partial charge in [-0.15, -0.1) is 13.2 Å². The van der Waals surface area contributed by atoms with Crippen LogP contribution in [0.1, 0.15) is 5.56 Å². The van der Waals surface area contributed by atoms with E-state index >= 15 is 0 Å². The Labute approximate surface area is 163 Å². The zero-order valence-electron chi connectivity index (χ0n) is 15.3. The Morgan fingerprint density at radius 3 is 2.34 bits per heavy atom. The molecule has 0 bridgehead atoms. The first kappa shape index (κ1) is 18.9. The number of rotatable bonds is 3. The number of hydrogen-bond acceptors (Lipinski definition) is 4. The highest BCUT2D eigenvalue weighted by atomic mass is 19.4. The molecule has 0 aliphatic carbocycles. The molecule has 3 aromatic rings. The van der Waals surface area contributed by atoms with Crippen LogP contribution in [0, 0.1) is 6.92 Å². The maximum absolute atomic E-state index is 12.5. The zero-order valence-corrected chi connectivity index (χ0v) is 15.3. The van der Waals surface area contributed by atoms with Gasteiger partial charge in [0.1, 0.15) is 19.0 Å². The van der Waals surface area contributed by atoms with Crippen LogP contribution in [0.25, 0.3) is 16.8 Å². The molecule has 0 saturated heterocycles. The molecule has 29 heavy (non-hydrogen) atoms.